The number of rotatable bonds is 2. The smallest absolute Gasteiger partial charge is 0.180 e. The molecule has 1 aromatic carbocycles. The summed E-state index contributed by atoms with van der Waals surface area (Å²) in [6.07, 6.45) is 0.892. The van der Waals surface area contributed by atoms with Crippen LogP contribution in [0.2, 0.25) is 0 Å². The SMILES string of the molecule is Cc1cccc(Cc2sc(N)nc2C)c1Br. The number of hydrogen-bond acceptors (Lipinski definition) is 3. The monoisotopic (exact) mass is 296 g/mol. The van der Waals surface area contributed by atoms with Crippen LogP contribution < -0.4 is 5.73 Å². The quantitative estimate of drug-likeness (QED) is 0.918. The summed E-state index contributed by atoms with van der Waals surface area (Å²) in [4.78, 5) is 5.48. The molecule has 2 aromatic rings. The van der Waals surface area contributed by atoms with Gasteiger partial charge in [0.2, 0.25) is 0 Å². The van der Waals surface area contributed by atoms with E-state index in [2.05, 4.69) is 46.0 Å². The van der Waals surface area contributed by atoms with Gasteiger partial charge in [-0.25, -0.2) is 4.98 Å². The number of halogens is 1. The first kappa shape index (κ1) is 11.6. The van der Waals surface area contributed by atoms with E-state index in [9.17, 15) is 0 Å². The van der Waals surface area contributed by atoms with Gasteiger partial charge in [-0.2, -0.15) is 0 Å². The minimum absolute atomic E-state index is 0.649. The fourth-order valence-corrected chi connectivity index (χ4v) is 2.89. The van der Waals surface area contributed by atoms with Crippen molar-refractivity contribution in [2.75, 3.05) is 5.73 Å². The van der Waals surface area contributed by atoms with Crippen molar-refractivity contribution in [1.29, 1.82) is 0 Å². The van der Waals surface area contributed by atoms with E-state index in [1.165, 1.54) is 20.5 Å². The molecule has 1 aromatic heterocycles. The molecule has 0 radical (unpaired) electrons. The molecule has 0 fully saturated rings. The van der Waals surface area contributed by atoms with Crippen molar-refractivity contribution < 1.29 is 0 Å². The van der Waals surface area contributed by atoms with Crippen LogP contribution in [0.1, 0.15) is 21.7 Å². The third kappa shape index (κ3) is 2.28. The number of aryl methyl sites for hydroxylation is 2. The Morgan fingerprint density at radius 2 is 2.12 bits per heavy atom. The van der Waals surface area contributed by atoms with Crippen molar-refractivity contribution >= 4 is 32.4 Å². The molecular formula is C12H13BrN2S. The normalized spacial score (nSPS) is 10.7. The summed E-state index contributed by atoms with van der Waals surface area (Å²) < 4.78 is 1.18. The average Bonchev–Trinajstić information content (AvgIpc) is 2.53. The number of hydrogen-bond donors (Lipinski definition) is 1. The van der Waals surface area contributed by atoms with Gasteiger partial charge in [0.1, 0.15) is 0 Å². The van der Waals surface area contributed by atoms with Crippen molar-refractivity contribution in [1.82, 2.24) is 4.98 Å². The minimum Gasteiger partial charge on any atom is -0.375 e. The molecule has 0 bridgehead atoms. The van der Waals surface area contributed by atoms with Gasteiger partial charge in [0.15, 0.2) is 5.13 Å². The topological polar surface area (TPSA) is 38.9 Å². The van der Waals surface area contributed by atoms with E-state index >= 15 is 0 Å². The van der Waals surface area contributed by atoms with Crippen LogP contribution in [0.3, 0.4) is 0 Å². The van der Waals surface area contributed by atoms with Crippen LogP contribution in [0, 0.1) is 13.8 Å². The average molecular weight is 297 g/mol. The zero-order valence-corrected chi connectivity index (χ0v) is 11.7. The molecule has 0 saturated carbocycles. The van der Waals surface area contributed by atoms with Crippen LogP contribution in [-0.4, -0.2) is 4.98 Å². The molecule has 0 aliphatic rings. The second kappa shape index (κ2) is 4.55. The molecule has 16 heavy (non-hydrogen) atoms. The molecule has 1 heterocycles. The Morgan fingerprint density at radius 3 is 2.75 bits per heavy atom. The summed E-state index contributed by atoms with van der Waals surface area (Å²) in [7, 11) is 0. The maximum absolute atomic E-state index is 5.70. The Kier molecular flexibility index (Phi) is 3.30. The fourth-order valence-electron chi connectivity index (χ4n) is 1.63. The second-order valence-corrected chi connectivity index (χ2v) is 5.69. The summed E-state index contributed by atoms with van der Waals surface area (Å²) in [6.45, 7) is 4.10. The molecule has 0 aliphatic carbocycles. The van der Waals surface area contributed by atoms with E-state index in [1.54, 1.807) is 11.3 Å². The third-order valence-electron chi connectivity index (χ3n) is 2.53. The number of benzene rings is 1. The first-order chi connectivity index (χ1) is 7.58. The molecule has 0 spiro atoms. The van der Waals surface area contributed by atoms with Gasteiger partial charge in [-0.15, -0.1) is 11.3 Å². The van der Waals surface area contributed by atoms with Gasteiger partial charge in [-0.3, -0.25) is 0 Å². The lowest BCUT2D eigenvalue weighted by Crippen LogP contribution is -1.91. The zero-order chi connectivity index (χ0) is 11.7. The largest absolute Gasteiger partial charge is 0.375 e. The summed E-state index contributed by atoms with van der Waals surface area (Å²) in [6, 6.07) is 6.31. The maximum atomic E-state index is 5.70. The van der Waals surface area contributed by atoms with Crippen LogP contribution in [0.15, 0.2) is 22.7 Å². The van der Waals surface area contributed by atoms with E-state index in [0.717, 1.165) is 12.1 Å². The van der Waals surface area contributed by atoms with Gasteiger partial charge in [0, 0.05) is 15.8 Å². The van der Waals surface area contributed by atoms with Crippen molar-refractivity contribution in [3.8, 4) is 0 Å². The Balaban J connectivity index is 2.34. The van der Waals surface area contributed by atoms with Crippen molar-refractivity contribution in [3.63, 3.8) is 0 Å². The fraction of sp³-hybridized carbons (Fsp3) is 0.250. The number of aromatic nitrogens is 1. The molecule has 2 rings (SSSR count). The molecule has 0 saturated heterocycles. The third-order valence-corrected chi connectivity index (χ3v) is 4.65. The predicted octanol–water partition coefficient (Wildman–Crippen LogP) is 3.70. The van der Waals surface area contributed by atoms with Crippen LogP contribution in [0.5, 0.6) is 0 Å². The van der Waals surface area contributed by atoms with Gasteiger partial charge in [-0.1, -0.05) is 34.1 Å². The molecule has 0 amide bonds. The van der Waals surface area contributed by atoms with E-state index in [-0.39, 0.29) is 0 Å². The minimum atomic E-state index is 0.649. The van der Waals surface area contributed by atoms with Crippen LogP contribution in [-0.2, 0) is 6.42 Å². The van der Waals surface area contributed by atoms with Gasteiger partial charge >= 0.3 is 0 Å². The van der Waals surface area contributed by atoms with E-state index in [1.807, 2.05) is 6.92 Å². The molecule has 0 unspecified atom stereocenters. The number of nitrogen functional groups attached to an aromatic ring is 1. The van der Waals surface area contributed by atoms with E-state index in [0.29, 0.717) is 5.13 Å². The lowest BCUT2D eigenvalue weighted by atomic mass is 10.1. The Bertz CT molecular complexity index is 520. The molecular weight excluding hydrogens is 284 g/mol. The van der Waals surface area contributed by atoms with E-state index < -0.39 is 0 Å². The summed E-state index contributed by atoms with van der Waals surface area (Å²) in [5.74, 6) is 0. The Labute approximate surface area is 108 Å². The molecule has 0 atom stereocenters. The van der Waals surface area contributed by atoms with Crippen LogP contribution in [0.25, 0.3) is 0 Å². The predicted molar refractivity (Wildman–Crippen MR) is 72.9 cm³/mol. The number of thiazole rings is 1. The number of anilines is 1. The van der Waals surface area contributed by atoms with Crippen molar-refractivity contribution in [3.05, 3.63) is 44.4 Å². The second-order valence-electron chi connectivity index (χ2n) is 3.79. The highest BCUT2D eigenvalue weighted by molar-refractivity contribution is 9.10. The Morgan fingerprint density at radius 1 is 1.38 bits per heavy atom. The number of nitrogens with zero attached hydrogens (tertiary/aromatic N) is 1. The number of nitrogens with two attached hydrogens (primary N) is 1. The van der Waals surface area contributed by atoms with Gasteiger partial charge < -0.3 is 5.73 Å². The van der Waals surface area contributed by atoms with Crippen LogP contribution >= 0.6 is 27.3 Å². The molecule has 0 aliphatic heterocycles. The summed E-state index contributed by atoms with van der Waals surface area (Å²) in [5.41, 5.74) is 9.28. The van der Waals surface area contributed by atoms with Gasteiger partial charge in [-0.05, 0) is 25.0 Å². The van der Waals surface area contributed by atoms with Gasteiger partial charge in [0.05, 0.1) is 5.69 Å². The van der Waals surface area contributed by atoms with Crippen molar-refractivity contribution in [2.24, 2.45) is 0 Å². The van der Waals surface area contributed by atoms with E-state index in [4.69, 9.17) is 5.73 Å². The first-order valence-corrected chi connectivity index (χ1v) is 6.64. The van der Waals surface area contributed by atoms with Crippen molar-refractivity contribution in [2.45, 2.75) is 20.3 Å². The summed E-state index contributed by atoms with van der Waals surface area (Å²) >= 11 is 5.19. The highest BCUT2D eigenvalue weighted by Crippen LogP contribution is 2.28. The standard InChI is InChI=1S/C12H13BrN2S/c1-7-4-3-5-9(11(7)13)6-10-8(2)15-12(14)16-10/h3-5H,6H2,1-2H3,(H2,14,15). The highest BCUT2D eigenvalue weighted by atomic mass is 79.9. The lowest BCUT2D eigenvalue weighted by molar-refractivity contribution is 1.14. The molecule has 4 heteroatoms. The lowest BCUT2D eigenvalue weighted by Gasteiger charge is -2.05. The Hall–Kier alpha value is -0.870. The molecule has 2 nitrogen and oxygen atoms in total. The molecule has 2 N–H and O–H groups in total. The van der Waals surface area contributed by atoms with Crippen LogP contribution in [0.4, 0.5) is 5.13 Å². The zero-order valence-electron chi connectivity index (χ0n) is 9.25. The first-order valence-electron chi connectivity index (χ1n) is 5.03. The van der Waals surface area contributed by atoms with Gasteiger partial charge in [0.25, 0.3) is 0 Å². The molecule has 84 valence electrons. The maximum Gasteiger partial charge on any atom is 0.180 e. The highest BCUT2D eigenvalue weighted by Gasteiger charge is 2.09. The summed E-state index contributed by atoms with van der Waals surface area (Å²) in [5, 5.41) is 0.649.